The number of rotatable bonds is 6. The van der Waals surface area contributed by atoms with Crippen molar-refractivity contribution < 1.29 is 24.2 Å². The van der Waals surface area contributed by atoms with Gasteiger partial charge >= 0.3 is 5.97 Å². The van der Waals surface area contributed by atoms with Crippen molar-refractivity contribution in [1.29, 1.82) is 0 Å². The lowest BCUT2D eigenvalue weighted by Gasteiger charge is -2.06. The van der Waals surface area contributed by atoms with Crippen molar-refractivity contribution in [2.24, 2.45) is 0 Å². The van der Waals surface area contributed by atoms with Gasteiger partial charge in [-0.1, -0.05) is 6.92 Å². The van der Waals surface area contributed by atoms with Crippen LogP contribution in [0.4, 0.5) is 11.4 Å². The number of esters is 1. The Bertz CT molecular complexity index is 859. The van der Waals surface area contributed by atoms with E-state index in [-0.39, 0.29) is 11.5 Å². The maximum atomic E-state index is 12.1. The van der Waals surface area contributed by atoms with E-state index in [0.717, 1.165) is 12.1 Å². The fourth-order valence-electron chi connectivity index (χ4n) is 2.03. The molecule has 0 fully saturated rings. The van der Waals surface area contributed by atoms with Gasteiger partial charge in [-0.05, 0) is 30.3 Å². The molecular formula is C16H12N2O7. The van der Waals surface area contributed by atoms with Gasteiger partial charge in [-0.25, -0.2) is 4.79 Å². The molecule has 0 radical (unpaired) electrons. The number of hydrogen-bond acceptors (Lipinski definition) is 7. The minimum absolute atomic E-state index is 0.0797. The van der Waals surface area contributed by atoms with Crippen LogP contribution in [0.5, 0.6) is 5.75 Å². The van der Waals surface area contributed by atoms with Crippen molar-refractivity contribution in [2.75, 3.05) is 0 Å². The van der Waals surface area contributed by atoms with Gasteiger partial charge in [0.2, 0.25) is 0 Å². The van der Waals surface area contributed by atoms with Gasteiger partial charge in [-0.15, -0.1) is 0 Å². The van der Waals surface area contributed by atoms with Gasteiger partial charge in [0.05, 0.1) is 15.9 Å². The molecule has 0 aliphatic carbocycles. The zero-order valence-electron chi connectivity index (χ0n) is 13.0. The monoisotopic (exact) mass is 344 g/mol. The third kappa shape index (κ3) is 4.02. The Morgan fingerprint density at radius 1 is 1.00 bits per heavy atom. The lowest BCUT2D eigenvalue weighted by atomic mass is 10.1. The molecule has 2 aromatic rings. The molecule has 2 rings (SSSR count). The van der Waals surface area contributed by atoms with E-state index in [1.807, 2.05) is 0 Å². The molecule has 0 unspecified atom stereocenters. The van der Waals surface area contributed by atoms with Crippen LogP contribution in [-0.2, 0) is 0 Å². The molecule has 0 saturated heterocycles. The molecule has 0 amide bonds. The van der Waals surface area contributed by atoms with Crippen LogP contribution in [0.2, 0.25) is 0 Å². The summed E-state index contributed by atoms with van der Waals surface area (Å²) in [6.45, 7) is 1.71. The fraction of sp³-hybridized carbons (Fsp3) is 0.125. The Balaban J connectivity index is 2.27. The van der Waals surface area contributed by atoms with Crippen LogP contribution in [-0.4, -0.2) is 21.6 Å². The van der Waals surface area contributed by atoms with Crippen molar-refractivity contribution in [3.05, 3.63) is 73.8 Å². The second-order valence-electron chi connectivity index (χ2n) is 4.91. The van der Waals surface area contributed by atoms with Crippen LogP contribution in [0.3, 0.4) is 0 Å². The Kier molecular flexibility index (Phi) is 5.18. The van der Waals surface area contributed by atoms with Gasteiger partial charge in [0, 0.05) is 18.1 Å². The first-order valence-electron chi connectivity index (χ1n) is 7.11. The number of non-ortho nitro benzene ring substituents is 1. The molecule has 0 aliphatic rings. The van der Waals surface area contributed by atoms with Crippen LogP contribution in [0.1, 0.15) is 34.1 Å². The lowest BCUT2D eigenvalue weighted by molar-refractivity contribution is -0.394. The molecule has 9 nitrogen and oxygen atoms in total. The highest BCUT2D eigenvalue weighted by atomic mass is 16.6. The molecule has 0 N–H and O–H groups in total. The smallest absolute Gasteiger partial charge is 0.350 e. The Labute approximate surface area is 141 Å². The first-order valence-corrected chi connectivity index (χ1v) is 7.11. The van der Waals surface area contributed by atoms with Gasteiger partial charge in [-0.2, -0.15) is 0 Å². The van der Waals surface area contributed by atoms with Gasteiger partial charge in [0.15, 0.2) is 5.78 Å². The number of nitrogens with zero attached hydrogens (tertiary/aromatic N) is 2. The first kappa shape index (κ1) is 17.7. The van der Waals surface area contributed by atoms with E-state index in [1.165, 1.54) is 24.3 Å². The third-order valence-electron chi connectivity index (χ3n) is 3.32. The van der Waals surface area contributed by atoms with Crippen molar-refractivity contribution in [2.45, 2.75) is 13.3 Å². The van der Waals surface area contributed by atoms with E-state index in [9.17, 15) is 29.8 Å². The van der Waals surface area contributed by atoms with Gasteiger partial charge in [-0.3, -0.25) is 25.0 Å². The molecule has 0 bridgehead atoms. The SMILES string of the molecule is CCC(=O)c1ccc(OC(=O)c2ccc([N+](=O)[O-])cc2[N+](=O)[O-])cc1. The number of Topliss-reactive ketones (excluding diaryl/α,β-unsaturated/α-hetero) is 1. The zero-order chi connectivity index (χ0) is 18.6. The van der Waals surface area contributed by atoms with Crippen LogP contribution in [0.25, 0.3) is 0 Å². The first-order chi connectivity index (χ1) is 11.8. The minimum Gasteiger partial charge on any atom is -0.423 e. The second-order valence-corrected chi connectivity index (χ2v) is 4.91. The highest BCUT2D eigenvalue weighted by Gasteiger charge is 2.25. The summed E-state index contributed by atoms with van der Waals surface area (Å²) in [6, 6.07) is 8.35. The molecule has 0 spiro atoms. The molecule has 2 aromatic carbocycles. The quantitative estimate of drug-likeness (QED) is 0.258. The molecule has 9 heteroatoms. The maximum absolute atomic E-state index is 12.1. The van der Waals surface area contributed by atoms with Gasteiger partial charge in [0.1, 0.15) is 11.3 Å². The summed E-state index contributed by atoms with van der Waals surface area (Å²) in [6.07, 6.45) is 0.328. The number of ketones is 1. The Morgan fingerprint density at radius 3 is 2.16 bits per heavy atom. The van der Waals surface area contributed by atoms with E-state index in [0.29, 0.717) is 18.1 Å². The summed E-state index contributed by atoms with van der Waals surface area (Å²) in [5, 5.41) is 21.7. The van der Waals surface area contributed by atoms with Crippen molar-refractivity contribution >= 4 is 23.1 Å². The van der Waals surface area contributed by atoms with E-state index >= 15 is 0 Å². The Morgan fingerprint density at radius 2 is 1.64 bits per heavy atom. The summed E-state index contributed by atoms with van der Waals surface area (Å²) in [4.78, 5) is 43.7. The van der Waals surface area contributed by atoms with Crippen LogP contribution >= 0.6 is 0 Å². The minimum atomic E-state index is -1.03. The highest BCUT2D eigenvalue weighted by Crippen LogP contribution is 2.26. The van der Waals surface area contributed by atoms with E-state index in [1.54, 1.807) is 6.92 Å². The van der Waals surface area contributed by atoms with Crippen LogP contribution < -0.4 is 4.74 Å². The number of ether oxygens (including phenoxy) is 1. The topological polar surface area (TPSA) is 130 Å². The van der Waals surface area contributed by atoms with Crippen LogP contribution in [0.15, 0.2) is 42.5 Å². The molecular weight excluding hydrogens is 332 g/mol. The number of hydrogen-bond donors (Lipinski definition) is 0. The number of nitro groups is 2. The largest absolute Gasteiger partial charge is 0.423 e. The number of benzene rings is 2. The zero-order valence-corrected chi connectivity index (χ0v) is 13.0. The number of nitro benzene ring substituents is 2. The van der Waals surface area contributed by atoms with E-state index in [2.05, 4.69) is 0 Å². The second kappa shape index (κ2) is 7.30. The summed E-state index contributed by atoms with van der Waals surface area (Å²) in [7, 11) is 0. The predicted molar refractivity (Wildman–Crippen MR) is 85.8 cm³/mol. The van der Waals surface area contributed by atoms with E-state index in [4.69, 9.17) is 4.74 Å². The molecule has 128 valence electrons. The molecule has 0 atom stereocenters. The summed E-state index contributed by atoms with van der Waals surface area (Å²) in [5.74, 6) is -1.02. The van der Waals surface area contributed by atoms with Gasteiger partial charge < -0.3 is 4.74 Å². The average molecular weight is 344 g/mol. The predicted octanol–water partition coefficient (Wildman–Crippen LogP) is 3.31. The fourth-order valence-corrected chi connectivity index (χ4v) is 2.03. The molecule has 0 saturated carbocycles. The number of carbonyl (C=O) groups is 2. The lowest BCUT2D eigenvalue weighted by Crippen LogP contribution is -2.11. The number of carbonyl (C=O) groups excluding carboxylic acids is 2. The summed E-state index contributed by atoms with van der Waals surface area (Å²) < 4.78 is 5.04. The molecule has 0 heterocycles. The van der Waals surface area contributed by atoms with Gasteiger partial charge in [0.25, 0.3) is 11.4 Å². The average Bonchev–Trinajstić information content (AvgIpc) is 2.60. The van der Waals surface area contributed by atoms with E-state index < -0.39 is 32.8 Å². The van der Waals surface area contributed by atoms with Crippen molar-refractivity contribution in [3.8, 4) is 5.75 Å². The highest BCUT2D eigenvalue weighted by molar-refractivity contribution is 5.97. The standard InChI is InChI=1S/C16H12N2O7/c1-2-15(19)10-3-6-12(7-4-10)25-16(20)13-8-5-11(17(21)22)9-14(13)18(23)24/h3-9H,2H2,1H3. The third-order valence-corrected chi connectivity index (χ3v) is 3.32. The van der Waals surface area contributed by atoms with Crippen LogP contribution in [0, 0.1) is 20.2 Å². The molecule has 25 heavy (non-hydrogen) atoms. The maximum Gasteiger partial charge on any atom is 0.350 e. The summed E-state index contributed by atoms with van der Waals surface area (Å²) in [5.41, 5.74) is -1.20. The normalized spacial score (nSPS) is 10.1. The van der Waals surface area contributed by atoms with Crippen molar-refractivity contribution in [1.82, 2.24) is 0 Å². The van der Waals surface area contributed by atoms with Crippen molar-refractivity contribution in [3.63, 3.8) is 0 Å². The summed E-state index contributed by atoms with van der Waals surface area (Å²) >= 11 is 0. The molecule has 0 aliphatic heterocycles. The Hall–Kier alpha value is -3.62. The molecule has 0 aromatic heterocycles.